The van der Waals surface area contributed by atoms with Crippen LogP contribution in [-0.2, 0) is 11.3 Å². The van der Waals surface area contributed by atoms with Gasteiger partial charge in [0.2, 0.25) is 0 Å². The van der Waals surface area contributed by atoms with E-state index in [-0.39, 0.29) is 13.2 Å². The highest BCUT2D eigenvalue weighted by molar-refractivity contribution is 5.89. The highest BCUT2D eigenvalue weighted by Gasteiger charge is 2.19. The second kappa shape index (κ2) is 8.76. The van der Waals surface area contributed by atoms with Crippen molar-refractivity contribution in [3.05, 3.63) is 18.1 Å². The Morgan fingerprint density at radius 1 is 1.39 bits per heavy atom. The van der Waals surface area contributed by atoms with Crippen molar-refractivity contribution < 1.29 is 14.9 Å². The average Bonchev–Trinajstić information content (AvgIpc) is 2.96. The number of aliphatic hydroxyl groups is 2. The molecule has 2 rings (SSSR count). The van der Waals surface area contributed by atoms with E-state index in [9.17, 15) is 10.2 Å². The molecule has 0 saturated heterocycles. The number of rotatable bonds is 6. The Balaban J connectivity index is 0.00000127. The molecule has 0 saturated carbocycles. The zero-order valence-corrected chi connectivity index (χ0v) is 12.9. The van der Waals surface area contributed by atoms with Crippen LogP contribution < -0.4 is 5.73 Å². The summed E-state index contributed by atoms with van der Waals surface area (Å²) in [6.45, 7) is 1.46. The van der Waals surface area contributed by atoms with Gasteiger partial charge in [-0.15, -0.1) is 25.2 Å². The third-order valence-corrected chi connectivity index (χ3v) is 3.22. The first kappa shape index (κ1) is 18.5. The second-order valence-corrected chi connectivity index (χ2v) is 4.63. The zero-order valence-electron chi connectivity index (χ0n) is 12.9. The Kier molecular flexibility index (Phi) is 7.04. The molecule has 0 unspecified atom stereocenters. The summed E-state index contributed by atoms with van der Waals surface area (Å²) in [6.07, 6.45) is 15.7. The van der Waals surface area contributed by atoms with Gasteiger partial charge in [0.25, 0.3) is 0 Å². The Hall–Kier alpha value is -2.58. The van der Waals surface area contributed by atoms with Crippen molar-refractivity contribution in [2.75, 3.05) is 12.3 Å². The Labute approximate surface area is 135 Å². The molecular formula is C16H20N4O3. The van der Waals surface area contributed by atoms with Crippen molar-refractivity contribution in [1.29, 1.82) is 0 Å². The minimum absolute atomic E-state index is 0.169. The number of nitrogens with two attached hydrogens (primary N) is 1. The third kappa shape index (κ3) is 3.99. The molecule has 2 aromatic heterocycles. The number of aliphatic hydroxyl groups excluding tert-OH is 2. The van der Waals surface area contributed by atoms with E-state index < -0.39 is 12.3 Å². The fourth-order valence-electron chi connectivity index (χ4n) is 2.22. The Morgan fingerprint density at radius 3 is 2.65 bits per heavy atom. The number of ether oxygens (including phenoxy) is 1. The van der Waals surface area contributed by atoms with Gasteiger partial charge in [0.1, 0.15) is 24.0 Å². The predicted molar refractivity (Wildman–Crippen MR) is 87.9 cm³/mol. The van der Waals surface area contributed by atoms with Gasteiger partial charge in [0.05, 0.1) is 24.7 Å². The summed E-state index contributed by atoms with van der Waals surface area (Å²) in [4.78, 5) is 8.12. The van der Waals surface area contributed by atoms with E-state index in [0.29, 0.717) is 28.8 Å². The van der Waals surface area contributed by atoms with Crippen LogP contribution >= 0.6 is 0 Å². The lowest BCUT2D eigenvalue weighted by Gasteiger charge is -2.21. The molecular weight excluding hydrogens is 296 g/mol. The van der Waals surface area contributed by atoms with E-state index in [0.717, 1.165) is 0 Å². The lowest BCUT2D eigenvalue weighted by atomic mass is 10.2. The number of nitrogens with zero attached hydrogens (tertiary/aromatic N) is 3. The van der Waals surface area contributed by atoms with Gasteiger partial charge in [-0.25, -0.2) is 9.97 Å². The van der Waals surface area contributed by atoms with E-state index in [1.165, 1.54) is 6.33 Å². The van der Waals surface area contributed by atoms with Crippen LogP contribution in [0.4, 0.5) is 5.82 Å². The first-order chi connectivity index (χ1) is 11.1. The fourth-order valence-corrected chi connectivity index (χ4v) is 2.22. The van der Waals surface area contributed by atoms with Gasteiger partial charge in [0.15, 0.2) is 0 Å². The van der Waals surface area contributed by atoms with E-state index in [1.807, 2.05) is 0 Å². The number of terminal acetylenes is 2. The Morgan fingerprint density at radius 2 is 2.09 bits per heavy atom. The largest absolute Gasteiger partial charge is 0.394 e. The normalized spacial score (nSPS) is 12.9. The minimum Gasteiger partial charge on any atom is -0.394 e. The van der Waals surface area contributed by atoms with Crippen molar-refractivity contribution in [3.8, 4) is 25.2 Å². The van der Waals surface area contributed by atoms with Gasteiger partial charge >= 0.3 is 0 Å². The number of aromatic nitrogens is 3. The lowest BCUT2D eigenvalue weighted by molar-refractivity contribution is -0.0606. The molecule has 4 N–H and O–H groups in total. The van der Waals surface area contributed by atoms with Crippen molar-refractivity contribution in [2.45, 2.75) is 32.3 Å². The summed E-state index contributed by atoms with van der Waals surface area (Å²) in [7, 11) is 0. The molecule has 23 heavy (non-hydrogen) atoms. The van der Waals surface area contributed by atoms with Crippen LogP contribution in [0.1, 0.15) is 25.1 Å². The molecule has 0 bridgehead atoms. The first-order valence-electron chi connectivity index (χ1n) is 6.86. The zero-order chi connectivity index (χ0) is 17.4. The maximum Gasteiger partial charge on any atom is 0.147 e. The molecule has 122 valence electrons. The van der Waals surface area contributed by atoms with Crippen molar-refractivity contribution in [1.82, 2.24) is 14.5 Å². The van der Waals surface area contributed by atoms with Gasteiger partial charge in [-0.05, 0) is 6.92 Å². The molecule has 0 fully saturated rings. The summed E-state index contributed by atoms with van der Waals surface area (Å²) in [5.74, 6) is 2.76. The molecule has 0 aliphatic heterocycles. The van der Waals surface area contributed by atoms with Gasteiger partial charge < -0.3 is 25.3 Å². The van der Waals surface area contributed by atoms with E-state index in [1.54, 1.807) is 17.7 Å². The number of nitrogen functional groups attached to an aromatic ring is 1. The van der Waals surface area contributed by atoms with Gasteiger partial charge in [-0.2, -0.15) is 0 Å². The van der Waals surface area contributed by atoms with E-state index in [2.05, 4.69) is 28.7 Å². The van der Waals surface area contributed by atoms with Crippen LogP contribution in [-0.4, -0.2) is 37.5 Å². The van der Waals surface area contributed by atoms with Crippen LogP contribution in [0.3, 0.4) is 0 Å². The maximum atomic E-state index is 9.44. The molecule has 0 aliphatic carbocycles. The number of hydrogen-bond acceptors (Lipinski definition) is 6. The number of hydrogen-bond donors (Lipinski definition) is 3. The standard InChI is InChI=1S/C14H18N4O3.C2H2/c1-3-4-11(7-20)21-9(2)18-5-10(6-19)12-13(15)16-8-17-14(12)18;1-2/h1,5,8-9,11,19-20H,4,6-7H2,2H3,(H2,15,16,17);1-2H/t9-,11+;/m1./s1. The maximum absolute atomic E-state index is 9.44. The van der Waals surface area contributed by atoms with Crippen molar-refractivity contribution in [2.24, 2.45) is 0 Å². The van der Waals surface area contributed by atoms with Gasteiger partial charge in [-0.1, -0.05) is 0 Å². The predicted octanol–water partition coefficient (Wildman–Crippen LogP) is 0.674. The summed E-state index contributed by atoms with van der Waals surface area (Å²) in [5, 5.41) is 19.3. The van der Waals surface area contributed by atoms with Crippen molar-refractivity contribution >= 4 is 16.9 Å². The number of fused-ring (bicyclic) bond motifs is 1. The molecule has 0 radical (unpaired) electrons. The smallest absolute Gasteiger partial charge is 0.147 e. The molecule has 7 nitrogen and oxygen atoms in total. The fraction of sp³-hybridized carbons (Fsp3) is 0.375. The Bertz CT molecular complexity index is 702. The quantitative estimate of drug-likeness (QED) is 0.677. The molecule has 0 spiro atoms. The summed E-state index contributed by atoms with van der Waals surface area (Å²) < 4.78 is 7.45. The summed E-state index contributed by atoms with van der Waals surface area (Å²) in [6, 6.07) is 0. The topological polar surface area (TPSA) is 106 Å². The van der Waals surface area contributed by atoms with Crippen LogP contribution in [0.25, 0.3) is 11.0 Å². The SMILES string of the molecule is C#C.C#CC[C@@H](CO)O[C@H](C)n1cc(CO)c2c(N)ncnc21. The molecule has 2 aromatic rings. The summed E-state index contributed by atoms with van der Waals surface area (Å²) >= 11 is 0. The molecule has 0 aliphatic rings. The first-order valence-corrected chi connectivity index (χ1v) is 6.86. The highest BCUT2D eigenvalue weighted by Crippen LogP contribution is 2.27. The monoisotopic (exact) mass is 316 g/mol. The van der Waals surface area contributed by atoms with E-state index >= 15 is 0 Å². The van der Waals surface area contributed by atoms with Gasteiger partial charge in [0, 0.05) is 18.2 Å². The molecule has 0 amide bonds. The molecule has 0 aromatic carbocycles. The minimum atomic E-state index is -0.459. The van der Waals surface area contributed by atoms with Crippen LogP contribution in [0.15, 0.2) is 12.5 Å². The van der Waals surface area contributed by atoms with Gasteiger partial charge in [-0.3, -0.25) is 0 Å². The van der Waals surface area contributed by atoms with E-state index in [4.69, 9.17) is 16.9 Å². The molecule has 2 atom stereocenters. The second-order valence-electron chi connectivity index (χ2n) is 4.63. The number of anilines is 1. The van der Waals surface area contributed by atoms with Crippen LogP contribution in [0, 0.1) is 25.2 Å². The molecule has 2 heterocycles. The van der Waals surface area contributed by atoms with Crippen molar-refractivity contribution in [3.63, 3.8) is 0 Å². The molecule has 7 heteroatoms. The lowest BCUT2D eigenvalue weighted by Crippen LogP contribution is -2.22. The van der Waals surface area contributed by atoms with Crippen LogP contribution in [0.5, 0.6) is 0 Å². The average molecular weight is 316 g/mol. The summed E-state index contributed by atoms with van der Waals surface area (Å²) in [5.41, 5.74) is 7.03. The highest BCUT2D eigenvalue weighted by atomic mass is 16.5. The third-order valence-electron chi connectivity index (χ3n) is 3.22. The van der Waals surface area contributed by atoms with Crippen LogP contribution in [0.2, 0.25) is 0 Å².